The Morgan fingerprint density at radius 3 is 2.68 bits per heavy atom. The summed E-state index contributed by atoms with van der Waals surface area (Å²) < 4.78 is 5.24. The summed E-state index contributed by atoms with van der Waals surface area (Å²) in [5.74, 6) is 0.720. The summed E-state index contributed by atoms with van der Waals surface area (Å²) >= 11 is 0. The first-order valence-electron chi connectivity index (χ1n) is 7.31. The number of nitrogens with zero attached hydrogens (tertiary/aromatic N) is 1. The van der Waals surface area contributed by atoms with Gasteiger partial charge in [-0.3, -0.25) is 4.90 Å². The third-order valence-corrected chi connectivity index (χ3v) is 3.78. The van der Waals surface area contributed by atoms with Crippen LogP contribution in [-0.2, 0) is 17.8 Å². The second-order valence-corrected chi connectivity index (χ2v) is 5.44. The molecule has 1 aliphatic rings. The summed E-state index contributed by atoms with van der Waals surface area (Å²) in [5.41, 5.74) is 2.78. The van der Waals surface area contributed by atoms with E-state index >= 15 is 0 Å². The standard InChI is InChI=1S/C16H26N2O/c1-3-17-10-14-4-6-15(7-5-14)11-18-9-8-16(12-18)13-19-2/h4-7,16-17H,3,8-13H2,1-2H3. The van der Waals surface area contributed by atoms with E-state index in [9.17, 15) is 0 Å². The number of likely N-dealkylation sites (tertiary alicyclic amines) is 1. The molecule has 1 atom stereocenters. The first-order valence-corrected chi connectivity index (χ1v) is 7.31. The molecule has 0 bridgehead atoms. The first kappa shape index (κ1) is 14.5. The van der Waals surface area contributed by atoms with Crippen molar-refractivity contribution in [1.82, 2.24) is 10.2 Å². The predicted molar refractivity (Wildman–Crippen MR) is 79.1 cm³/mol. The highest BCUT2D eigenvalue weighted by molar-refractivity contribution is 5.22. The molecule has 0 saturated carbocycles. The van der Waals surface area contributed by atoms with Gasteiger partial charge in [-0.05, 0) is 36.6 Å². The molecule has 1 aromatic rings. The second-order valence-electron chi connectivity index (χ2n) is 5.44. The summed E-state index contributed by atoms with van der Waals surface area (Å²) in [6.45, 7) is 8.48. The van der Waals surface area contributed by atoms with E-state index in [2.05, 4.69) is 41.4 Å². The Morgan fingerprint density at radius 1 is 1.26 bits per heavy atom. The van der Waals surface area contributed by atoms with Crippen LogP contribution in [0.5, 0.6) is 0 Å². The van der Waals surface area contributed by atoms with Crippen LogP contribution in [0.4, 0.5) is 0 Å². The number of hydrogen-bond acceptors (Lipinski definition) is 3. The van der Waals surface area contributed by atoms with Crippen molar-refractivity contribution < 1.29 is 4.74 Å². The van der Waals surface area contributed by atoms with Gasteiger partial charge in [0.2, 0.25) is 0 Å². The van der Waals surface area contributed by atoms with E-state index in [1.807, 2.05) is 0 Å². The summed E-state index contributed by atoms with van der Waals surface area (Å²) in [6.07, 6.45) is 1.27. The minimum Gasteiger partial charge on any atom is -0.384 e. The smallest absolute Gasteiger partial charge is 0.0503 e. The molecule has 1 heterocycles. The summed E-state index contributed by atoms with van der Waals surface area (Å²) in [5, 5.41) is 3.35. The van der Waals surface area contributed by atoms with Gasteiger partial charge in [0.05, 0.1) is 6.61 Å². The van der Waals surface area contributed by atoms with E-state index < -0.39 is 0 Å². The van der Waals surface area contributed by atoms with Crippen molar-refractivity contribution in [3.63, 3.8) is 0 Å². The van der Waals surface area contributed by atoms with Crippen LogP contribution in [-0.4, -0.2) is 38.3 Å². The Hall–Kier alpha value is -0.900. The fraction of sp³-hybridized carbons (Fsp3) is 0.625. The van der Waals surface area contributed by atoms with Gasteiger partial charge in [-0.25, -0.2) is 0 Å². The maximum Gasteiger partial charge on any atom is 0.0503 e. The van der Waals surface area contributed by atoms with Gasteiger partial charge in [0.15, 0.2) is 0 Å². The molecule has 1 unspecified atom stereocenters. The second kappa shape index (κ2) is 7.63. The molecule has 0 radical (unpaired) electrons. The van der Waals surface area contributed by atoms with Gasteiger partial charge in [-0.1, -0.05) is 31.2 Å². The summed E-state index contributed by atoms with van der Waals surface area (Å²) in [6, 6.07) is 8.99. The molecular weight excluding hydrogens is 236 g/mol. The van der Waals surface area contributed by atoms with E-state index in [1.54, 1.807) is 7.11 Å². The molecule has 0 aliphatic carbocycles. The Kier molecular flexibility index (Phi) is 5.83. The average Bonchev–Trinajstić information content (AvgIpc) is 2.86. The zero-order valence-electron chi connectivity index (χ0n) is 12.2. The Labute approximate surface area is 116 Å². The van der Waals surface area contributed by atoms with Gasteiger partial charge in [-0.15, -0.1) is 0 Å². The summed E-state index contributed by atoms with van der Waals surface area (Å²) in [7, 11) is 1.80. The van der Waals surface area contributed by atoms with E-state index in [0.29, 0.717) is 0 Å². The highest BCUT2D eigenvalue weighted by atomic mass is 16.5. The van der Waals surface area contributed by atoms with Crippen molar-refractivity contribution in [2.45, 2.75) is 26.4 Å². The lowest BCUT2D eigenvalue weighted by Gasteiger charge is -2.16. The Morgan fingerprint density at radius 2 is 2.00 bits per heavy atom. The minimum absolute atomic E-state index is 0.720. The lowest BCUT2D eigenvalue weighted by molar-refractivity contribution is 0.152. The highest BCUT2D eigenvalue weighted by Crippen LogP contribution is 2.19. The van der Waals surface area contributed by atoms with Crippen molar-refractivity contribution in [2.24, 2.45) is 5.92 Å². The minimum atomic E-state index is 0.720. The van der Waals surface area contributed by atoms with Crippen molar-refractivity contribution in [1.29, 1.82) is 0 Å². The van der Waals surface area contributed by atoms with Crippen molar-refractivity contribution in [3.8, 4) is 0 Å². The SMILES string of the molecule is CCNCc1ccc(CN2CCC(COC)C2)cc1. The lowest BCUT2D eigenvalue weighted by Crippen LogP contribution is -2.21. The third-order valence-electron chi connectivity index (χ3n) is 3.78. The highest BCUT2D eigenvalue weighted by Gasteiger charge is 2.21. The Balaban J connectivity index is 1.80. The number of methoxy groups -OCH3 is 1. The Bertz CT molecular complexity index is 364. The van der Waals surface area contributed by atoms with Crippen LogP contribution in [0.15, 0.2) is 24.3 Å². The number of rotatable bonds is 7. The van der Waals surface area contributed by atoms with E-state index in [1.165, 1.54) is 30.6 Å². The van der Waals surface area contributed by atoms with Gasteiger partial charge in [0.1, 0.15) is 0 Å². The number of benzene rings is 1. The molecule has 2 rings (SSSR count). The zero-order chi connectivity index (χ0) is 13.5. The predicted octanol–water partition coefficient (Wildman–Crippen LogP) is 2.26. The molecule has 19 heavy (non-hydrogen) atoms. The van der Waals surface area contributed by atoms with Crippen LogP contribution < -0.4 is 5.32 Å². The molecule has 1 saturated heterocycles. The largest absolute Gasteiger partial charge is 0.384 e. The van der Waals surface area contributed by atoms with Crippen molar-refractivity contribution in [3.05, 3.63) is 35.4 Å². The average molecular weight is 262 g/mol. The zero-order valence-corrected chi connectivity index (χ0v) is 12.2. The van der Waals surface area contributed by atoms with Crippen LogP contribution in [0, 0.1) is 5.92 Å². The fourth-order valence-electron chi connectivity index (χ4n) is 2.72. The van der Waals surface area contributed by atoms with Crippen LogP contribution in [0.1, 0.15) is 24.5 Å². The third kappa shape index (κ3) is 4.60. The van der Waals surface area contributed by atoms with Gasteiger partial charge in [0, 0.05) is 26.7 Å². The lowest BCUT2D eigenvalue weighted by atomic mass is 10.1. The molecule has 1 aromatic carbocycles. The summed E-state index contributed by atoms with van der Waals surface area (Å²) in [4.78, 5) is 2.53. The molecular formula is C16H26N2O. The van der Waals surface area contributed by atoms with E-state index in [-0.39, 0.29) is 0 Å². The maximum absolute atomic E-state index is 5.24. The van der Waals surface area contributed by atoms with Gasteiger partial charge in [-0.2, -0.15) is 0 Å². The van der Waals surface area contributed by atoms with Crippen LogP contribution in [0.3, 0.4) is 0 Å². The number of hydrogen-bond donors (Lipinski definition) is 1. The van der Waals surface area contributed by atoms with Gasteiger partial charge in [0.25, 0.3) is 0 Å². The molecule has 0 amide bonds. The van der Waals surface area contributed by atoms with Crippen LogP contribution in [0.2, 0.25) is 0 Å². The van der Waals surface area contributed by atoms with Gasteiger partial charge >= 0.3 is 0 Å². The van der Waals surface area contributed by atoms with Crippen LogP contribution in [0.25, 0.3) is 0 Å². The normalized spacial score (nSPS) is 20.0. The molecule has 1 N–H and O–H groups in total. The van der Waals surface area contributed by atoms with Crippen LogP contribution >= 0.6 is 0 Å². The molecule has 106 valence electrons. The molecule has 1 aliphatic heterocycles. The van der Waals surface area contributed by atoms with Crippen molar-refractivity contribution in [2.75, 3.05) is 33.4 Å². The first-order chi connectivity index (χ1) is 9.31. The molecule has 0 aromatic heterocycles. The quantitative estimate of drug-likeness (QED) is 0.816. The topological polar surface area (TPSA) is 24.5 Å². The number of ether oxygens (including phenoxy) is 1. The van der Waals surface area contributed by atoms with Gasteiger partial charge < -0.3 is 10.1 Å². The van der Waals surface area contributed by atoms with Crippen molar-refractivity contribution >= 4 is 0 Å². The van der Waals surface area contributed by atoms with E-state index in [4.69, 9.17) is 4.74 Å². The molecule has 3 heteroatoms. The number of nitrogens with one attached hydrogen (secondary N) is 1. The monoisotopic (exact) mass is 262 g/mol. The molecule has 0 spiro atoms. The molecule has 1 fully saturated rings. The maximum atomic E-state index is 5.24. The fourth-order valence-corrected chi connectivity index (χ4v) is 2.72. The van der Waals surface area contributed by atoms with E-state index in [0.717, 1.165) is 32.2 Å². The molecule has 3 nitrogen and oxygen atoms in total.